The Kier molecular flexibility index (Phi) is 4.63. The highest BCUT2D eigenvalue weighted by molar-refractivity contribution is 5.85. The van der Waals surface area contributed by atoms with Gasteiger partial charge in [0.2, 0.25) is 0 Å². The Morgan fingerprint density at radius 1 is 1.25 bits per heavy atom. The van der Waals surface area contributed by atoms with Crippen molar-refractivity contribution in [3.05, 3.63) is 34.4 Å². The molecule has 8 nitrogen and oxygen atoms in total. The first-order chi connectivity index (χ1) is 9.26. The number of carbonyl (C=O) groups excluding carboxylic acids is 2. The lowest BCUT2D eigenvalue weighted by molar-refractivity contribution is -0.384. The lowest BCUT2D eigenvalue weighted by Crippen LogP contribution is -2.51. The molecule has 0 aliphatic rings. The Balaban J connectivity index is 2.67. The van der Waals surface area contributed by atoms with Crippen LogP contribution >= 0.6 is 0 Å². The van der Waals surface area contributed by atoms with Gasteiger partial charge in [-0.25, -0.2) is 9.59 Å². The predicted octanol–water partition coefficient (Wildman–Crippen LogP) is 1.63. The van der Waals surface area contributed by atoms with E-state index in [0.29, 0.717) is 0 Å². The largest absolute Gasteiger partial charge is 0.467 e. The number of benzene rings is 1. The molecule has 0 fully saturated rings. The van der Waals surface area contributed by atoms with E-state index in [1.807, 2.05) is 0 Å². The van der Waals surface area contributed by atoms with Gasteiger partial charge in [0, 0.05) is 12.1 Å². The minimum Gasteiger partial charge on any atom is -0.467 e. The fourth-order valence-electron chi connectivity index (χ4n) is 1.33. The number of hydrogen-bond donors (Lipinski definition) is 1. The molecule has 0 atom stereocenters. The number of non-ortho nitro benzene ring substituents is 1. The molecular formula is C12H14N2O6. The van der Waals surface area contributed by atoms with Crippen molar-refractivity contribution in [2.45, 2.75) is 19.4 Å². The molecule has 1 aromatic carbocycles. The zero-order chi connectivity index (χ0) is 15.3. The molecule has 108 valence electrons. The fraction of sp³-hybridized carbons (Fsp3) is 0.333. The maximum absolute atomic E-state index is 11.6. The first-order valence-corrected chi connectivity index (χ1v) is 5.59. The van der Waals surface area contributed by atoms with E-state index in [1.54, 1.807) is 0 Å². The zero-order valence-corrected chi connectivity index (χ0v) is 11.2. The van der Waals surface area contributed by atoms with Crippen LogP contribution in [0, 0.1) is 10.1 Å². The maximum atomic E-state index is 11.6. The molecule has 0 saturated heterocycles. The quantitative estimate of drug-likeness (QED) is 0.511. The van der Waals surface area contributed by atoms with Crippen LogP contribution in [0.4, 0.5) is 10.5 Å². The van der Waals surface area contributed by atoms with Gasteiger partial charge in [0.25, 0.3) is 5.69 Å². The summed E-state index contributed by atoms with van der Waals surface area (Å²) in [5.41, 5.74) is -1.36. The zero-order valence-electron chi connectivity index (χ0n) is 11.2. The summed E-state index contributed by atoms with van der Waals surface area (Å²) >= 11 is 0. The molecule has 1 aromatic rings. The number of carbonyl (C=O) groups is 2. The Hall–Kier alpha value is -2.64. The molecular weight excluding hydrogens is 268 g/mol. The van der Waals surface area contributed by atoms with Crippen molar-refractivity contribution in [3.63, 3.8) is 0 Å². The van der Waals surface area contributed by atoms with Crippen LogP contribution < -0.4 is 10.1 Å². The molecule has 0 saturated carbocycles. The highest BCUT2D eigenvalue weighted by Crippen LogP contribution is 2.17. The molecule has 8 heteroatoms. The summed E-state index contributed by atoms with van der Waals surface area (Å²) in [6.45, 7) is 2.91. The van der Waals surface area contributed by atoms with E-state index in [9.17, 15) is 19.7 Å². The number of amides is 1. The van der Waals surface area contributed by atoms with Gasteiger partial charge in [-0.1, -0.05) is 0 Å². The van der Waals surface area contributed by atoms with Crippen LogP contribution in [0.15, 0.2) is 24.3 Å². The van der Waals surface area contributed by atoms with Crippen molar-refractivity contribution in [2.24, 2.45) is 0 Å². The smallest absolute Gasteiger partial charge is 0.413 e. The Labute approximate surface area is 114 Å². The average molecular weight is 282 g/mol. The second-order valence-corrected chi connectivity index (χ2v) is 4.38. The molecule has 0 radical (unpaired) electrons. The number of ether oxygens (including phenoxy) is 2. The van der Waals surface area contributed by atoms with E-state index >= 15 is 0 Å². The van der Waals surface area contributed by atoms with E-state index < -0.39 is 22.5 Å². The van der Waals surface area contributed by atoms with Crippen LogP contribution in [-0.2, 0) is 9.53 Å². The SMILES string of the molecule is COC(=O)C(C)(C)NC(=O)Oc1ccc([N+](=O)[O-])cc1. The minimum absolute atomic E-state index is 0.118. The summed E-state index contributed by atoms with van der Waals surface area (Å²) < 4.78 is 9.42. The number of nitrogens with one attached hydrogen (secondary N) is 1. The predicted molar refractivity (Wildman–Crippen MR) is 68.4 cm³/mol. The van der Waals surface area contributed by atoms with Crippen molar-refractivity contribution < 1.29 is 24.0 Å². The molecule has 20 heavy (non-hydrogen) atoms. The molecule has 0 aliphatic carbocycles. The monoisotopic (exact) mass is 282 g/mol. The number of hydrogen-bond acceptors (Lipinski definition) is 6. The van der Waals surface area contributed by atoms with Crippen LogP contribution in [0.2, 0.25) is 0 Å². The standard InChI is InChI=1S/C12H14N2O6/c1-12(2,10(15)19-3)13-11(16)20-9-6-4-8(5-7-9)14(17)18/h4-7H,1-3H3,(H,13,16). The number of nitro benzene ring substituents is 1. The molecule has 0 aromatic heterocycles. The molecule has 0 bridgehead atoms. The van der Waals surface area contributed by atoms with Crippen molar-refractivity contribution in [1.82, 2.24) is 5.32 Å². The summed E-state index contributed by atoms with van der Waals surface area (Å²) in [6, 6.07) is 4.97. The van der Waals surface area contributed by atoms with Crippen LogP contribution in [0.25, 0.3) is 0 Å². The van der Waals surface area contributed by atoms with Gasteiger partial charge in [-0.15, -0.1) is 0 Å². The van der Waals surface area contributed by atoms with Gasteiger partial charge in [-0.05, 0) is 26.0 Å². The first-order valence-electron chi connectivity index (χ1n) is 5.59. The minimum atomic E-state index is -1.24. The van der Waals surface area contributed by atoms with E-state index in [-0.39, 0.29) is 11.4 Å². The van der Waals surface area contributed by atoms with E-state index in [4.69, 9.17) is 4.74 Å². The van der Waals surface area contributed by atoms with Gasteiger partial charge < -0.3 is 14.8 Å². The molecule has 1 amide bonds. The summed E-state index contributed by atoms with van der Waals surface area (Å²) in [5, 5.41) is 12.8. The summed E-state index contributed by atoms with van der Waals surface area (Å²) in [7, 11) is 1.20. The van der Waals surface area contributed by atoms with E-state index in [1.165, 1.54) is 45.2 Å². The number of esters is 1. The molecule has 1 rings (SSSR count). The summed E-state index contributed by atoms with van der Waals surface area (Å²) in [5.74, 6) is -0.507. The Bertz CT molecular complexity index is 523. The van der Waals surface area contributed by atoms with Gasteiger partial charge in [0.1, 0.15) is 11.3 Å². The first kappa shape index (κ1) is 15.4. The molecule has 0 heterocycles. The van der Waals surface area contributed by atoms with Gasteiger partial charge in [0.05, 0.1) is 12.0 Å². The number of nitro groups is 1. The van der Waals surface area contributed by atoms with Crippen molar-refractivity contribution >= 4 is 17.7 Å². The number of nitrogens with zero attached hydrogens (tertiary/aromatic N) is 1. The van der Waals surface area contributed by atoms with E-state index in [0.717, 1.165) is 0 Å². The lowest BCUT2D eigenvalue weighted by atomic mass is 10.1. The number of rotatable bonds is 4. The molecule has 0 spiro atoms. The molecule has 1 N–H and O–H groups in total. The van der Waals surface area contributed by atoms with Gasteiger partial charge >= 0.3 is 12.1 Å². The fourth-order valence-corrected chi connectivity index (χ4v) is 1.33. The highest BCUT2D eigenvalue weighted by atomic mass is 16.6. The van der Waals surface area contributed by atoms with Crippen LogP contribution in [0.5, 0.6) is 5.75 Å². The van der Waals surface area contributed by atoms with Crippen LogP contribution in [0.1, 0.15) is 13.8 Å². The Morgan fingerprint density at radius 2 is 1.80 bits per heavy atom. The van der Waals surface area contributed by atoms with Gasteiger partial charge in [0.15, 0.2) is 0 Å². The second-order valence-electron chi connectivity index (χ2n) is 4.38. The van der Waals surface area contributed by atoms with Crippen molar-refractivity contribution in [1.29, 1.82) is 0 Å². The lowest BCUT2D eigenvalue weighted by Gasteiger charge is -2.22. The summed E-state index contributed by atoms with van der Waals surface area (Å²) in [6.07, 6.45) is -0.866. The van der Waals surface area contributed by atoms with E-state index in [2.05, 4.69) is 10.1 Å². The molecule has 0 aliphatic heterocycles. The Morgan fingerprint density at radius 3 is 2.25 bits per heavy atom. The number of methoxy groups -OCH3 is 1. The maximum Gasteiger partial charge on any atom is 0.413 e. The second kappa shape index (κ2) is 6.00. The average Bonchev–Trinajstić information content (AvgIpc) is 2.37. The van der Waals surface area contributed by atoms with Gasteiger partial charge in [-0.2, -0.15) is 0 Å². The van der Waals surface area contributed by atoms with Gasteiger partial charge in [-0.3, -0.25) is 10.1 Å². The topological polar surface area (TPSA) is 108 Å². The van der Waals surface area contributed by atoms with Crippen LogP contribution in [-0.4, -0.2) is 29.6 Å². The molecule has 0 unspecified atom stereocenters. The van der Waals surface area contributed by atoms with Crippen molar-refractivity contribution in [2.75, 3.05) is 7.11 Å². The third-order valence-electron chi connectivity index (χ3n) is 2.37. The normalized spacial score (nSPS) is 10.6. The third kappa shape index (κ3) is 3.94. The van der Waals surface area contributed by atoms with Crippen LogP contribution in [0.3, 0.4) is 0 Å². The third-order valence-corrected chi connectivity index (χ3v) is 2.37. The highest BCUT2D eigenvalue weighted by Gasteiger charge is 2.31. The van der Waals surface area contributed by atoms with Crippen molar-refractivity contribution in [3.8, 4) is 5.75 Å². The summed E-state index contributed by atoms with van der Waals surface area (Å²) in [4.78, 5) is 32.9.